The number of amides is 1. The number of carbonyl (C=O) groups is 1. The summed E-state index contributed by atoms with van der Waals surface area (Å²) in [4.78, 5) is 14.3. The van der Waals surface area contributed by atoms with E-state index < -0.39 is 0 Å². The minimum absolute atomic E-state index is 0.0585. The van der Waals surface area contributed by atoms with Crippen molar-refractivity contribution in [3.05, 3.63) is 5.82 Å². The molecule has 0 spiro atoms. The molecule has 1 aromatic heterocycles. The number of carbonyl (C=O) groups excluding carboxylic acids is 1. The van der Waals surface area contributed by atoms with E-state index in [4.69, 9.17) is 0 Å². The van der Waals surface area contributed by atoms with Crippen molar-refractivity contribution in [2.75, 3.05) is 6.54 Å². The molecular formula is C12H19N5O. The zero-order chi connectivity index (χ0) is 12.4. The molecule has 2 heterocycles. The molecule has 1 N–H and O–H groups in total. The molecule has 1 saturated heterocycles. The Hall–Kier alpha value is -1.46. The average molecular weight is 249 g/mol. The molecule has 6 heteroatoms. The number of H-pyrrole nitrogens is 1. The van der Waals surface area contributed by atoms with Gasteiger partial charge in [0.1, 0.15) is 0 Å². The van der Waals surface area contributed by atoms with Crippen molar-refractivity contribution in [3.63, 3.8) is 0 Å². The Morgan fingerprint density at radius 1 is 1.17 bits per heavy atom. The molecule has 1 aromatic rings. The summed E-state index contributed by atoms with van der Waals surface area (Å²) in [7, 11) is 0. The minimum atomic E-state index is -0.0585. The van der Waals surface area contributed by atoms with E-state index in [-0.39, 0.29) is 11.7 Å². The predicted octanol–water partition coefficient (Wildman–Crippen LogP) is 1.38. The third-order valence-electron chi connectivity index (χ3n) is 4.29. The summed E-state index contributed by atoms with van der Waals surface area (Å²) in [5, 5.41) is 13.4. The Kier molecular flexibility index (Phi) is 3.25. The van der Waals surface area contributed by atoms with Crippen LogP contribution in [0.2, 0.25) is 0 Å². The Balaban J connectivity index is 1.72. The van der Waals surface area contributed by atoms with Crippen LogP contribution in [-0.2, 0) is 0 Å². The third-order valence-corrected chi connectivity index (χ3v) is 4.29. The van der Waals surface area contributed by atoms with E-state index >= 15 is 0 Å². The molecule has 1 aliphatic heterocycles. The lowest BCUT2D eigenvalue weighted by Gasteiger charge is -2.33. The number of nitrogens with zero attached hydrogens (tertiary/aromatic N) is 4. The van der Waals surface area contributed by atoms with E-state index in [1.54, 1.807) is 0 Å². The molecule has 1 saturated carbocycles. The molecule has 1 atom stereocenters. The predicted molar refractivity (Wildman–Crippen MR) is 64.8 cm³/mol. The van der Waals surface area contributed by atoms with Crippen molar-refractivity contribution in [1.29, 1.82) is 0 Å². The molecule has 3 rings (SSSR count). The van der Waals surface area contributed by atoms with Crippen LogP contribution >= 0.6 is 0 Å². The lowest BCUT2D eigenvalue weighted by molar-refractivity contribution is 0.0649. The van der Waals surface area contributed by atoms with Gasteiger partial charge in [0.2, 0.25) is 0 Å². The standard InChI is InChI=1S/C12H19N5O/c18-12(11-13-15-16-14-11)17-8-4-7-10(17)9-5-2-1-3-6-9/h9-10H,1-8H2,(H,13,14,15,16). The molecule has 1 amide bonds. The van der Waals surface area contributed by atoms with Gasteiger partial charge in [0.05, 0.1) is 0 Å². The zero-order valence-electron chi connectivity index (χ0n) is 10.5. The average Bonchev–Trinajstić information content (AvgIpc) is 3.10. The van der Waals surface area contributed by atoms with E-state index in [1.807, 2.05) is 4.90 Å². The second kappa shape index (κ2) is 5.04. The van der Waals surface area contributed by atoms with Crippen LogP contribution in [0.4, 0.5) is 0 Å². The van der Waals surface area contributed by atoms with Gasteiger partial charge in [-0.1, -0.05) is 19.3 Å². The topological polar surface area (TPSA) is 74.8 Å². The number of likely N-dealkylation sites (tertiary alicyclic amines) is 1. The SMILES string of the molecule is O=C(c1nn[nH]n1)N1CCCC1C1CCCCC1. The van der Waals surface area contributed by atoms with Gasteiger partial charge in [-0.3, -0.25) is 4.79 Å². The number of hydrogen-bond donors (Lipinski definition) is 1. The van der Waals surface area contributed by atoms with Gasteiger partial charge in [0, 0.05) is 12.6 Å². The highest BCUT2D eigenvalue weighted by Crippen LogP contribution is 2.34. The molecule has 6 nitrogen and oxygen atoms in total. The van der Waals surface area contributed by atoms with E-state index in [0.29, 0.717) is 12.0 Å². The largest absolute Gasteiger partial charge is 0.333 e. The lowest BCUT2D eigenvalue weighted by Crippen LogP contribution is -2.41. The molecule has 0 radical (unpaired) electrons. The number of aromatic nitrogens is 4. The molecule has 0 aromatic carbocycles. The quantitative estimate of drug-likeness (QED) is 0.859. The summed E-state index contributed by atoms with van der Waals surface area (Å²) < 4.78 is 0. The number of hydrogen-bond acceptors (Lipinski definition) is 4. The van der Waals surface area contributed by atoms with Crippen LogP contribution in [0, 0.1) is 5.92 Å². The van der Waals surface area contributed by atoms with Crippen molar-refractivity contribution in [3.8, 4) is 0 Å². The fraction of sp³-hybridized carbons (Fsp3) is 0.833. The molecule has 0 bridgehead atoms. The summed E-state index contributed by atoms with van der Waals surface area (Å²) in [5.41, 5.74) is 0. The van der Waals surface area contributed by atoms with Crippen LogP contribution in [0.5, 0.6) is 0 Å². The molecule has 1 aliphatic carbocycles. The molecule has 1 unspecified atom stereocenters. The maximum Gasteiger partial charge on any atom is 0.295 e. The molecular weight excluding hydrogens is 230 g/mol. The highest BCUT2D eigenvalue weighted by molar-refractivity contribution is 5.90. The number of rotatable bonds is 2. The van der Waals surface area contributed by atoms with Crippen LogP contribution in [0.1, 0.15) is 55.6 Å². The number of nitrogens with one attached hydrogen (secondary N) is 1. The second-order valence-electron chi connectivity index (χ2n) is 5.34. The first-order valence-electron chi connectivity index (χ1n) is 6.90. The van der Waals surface area contributed by atoms with Gasteiger partial charge in [-0.25, -0.2) is 0 Å². The first-order valence-corrected chi connectivity index (χ1v) is 6.90. The zero-order valence-corrected chi connectivity index (χ0v) is 10.5. The van der Waals surface area contributed by atoms with E-state index in [2.05, 4.69) is 20.6 Å². The van der Waals surface area contributed by atoms with Crippen LogP contribution in [-0.4, -0.2) is 44.0 Å². The molecule has 98 valence electrons. The van der Waals surface area contributed by atoms with Gasteiger partial charge in [-0.05, 0) is 36.8 Å². The van der Waals surface area contributed by atoms with Gasteiger partial charge in [0.15, 0.2) is 0 Å². The van der Waals surface area contributed by atoms with Crippen LogP contribution in [0.3, 0.4) is 0 Å². The normalized spacial score (nSPS) is 25.6. The monoisotopic (exact) mass is 249 g/mol. The highest BCUT2D eigenvalue weighted by atomic mass is 16.2. The first-order chi connectivity index (χ1) is 8.86. The minimum Gasteiger partial charge on any atom is -0.333 e. The lowest BCUT2D eigenvalue weighted by atomic mass is 9.83. The molecule has 18 heavy (non-hydrogen) atoms. The molecule has 2 aliphatic rings. The first kappa shape index (κ1) is 11.6. The van der Waals surface area contributed by atoms with Gasteiger partial charge in [0.25, 0.3) is 11.7 Å². The van der Waals surface area contributed by atoms with Crippen molar-refractivity contribution in [2.45, 2.75) is 51.0 Å². The molecule has 2 fully saturated rings. The van der Waals surface area contributed by atoms with Crippen molar-refractivity contribution < 1.29 is 4.79 Å². The fourth-order valence-electron chi connectivity index (χ4n) is 3.43. The van der Waals surface area contributed by atoms with Gasteiger partial charge < -0.3 is 4.90 Å². The van der Waals surface area contributed by atoms with Gasteiger partial charge >= 0.3 is 0 Å². The Labute approximate surface area is 106 Å². The maximum atomic E-state index is 12.3. The second-order valence-corrected chi connectivity index (χ2v) is 5.34. The summed E-state index contributed by atoms with van der Waals surface area (Å²) in [6.45, 7) is 0.842. The number of tetrazole rings is 1. The summed E-state index contributed by atoms with van der Waals surface area (Å²) in [6.07, 6.45) is 8.74. The summed E-state index contributed by atoms with van der Waals surface area (Å²) in [6, 6.07) is 0.399. The Morgan fingerprint density at radius 2 is 2.00 bits per heavy atom. The van der Waals surface area contributed by atoms with Crippen molar-refractivity contribution in [2.24, 2.45) is 5.92 Å². The number of aromatic amines is 1. The Bertz CT molecular complexity index is 399. The van der Waals surface area contributed by atoms with Crippen molar-refractivity contribution in [1.82, 2.24) is 25.5 Å². The summed E-state index contributed by atoms with van der Waals surface area (Å²) in [5.74, 6) is 0.826. The fourth-order valence-corrected chi connectivity index (χ4v) is 3.43. The van der Waals surface area contributed by atoms with Crippen LogP contribution in [0.25, 0.3) is 0 Å². The van der Waals surface area contributed by atoms with Crippen LogP contribution in [0.15, 0.2) is 0 Å². The third kappa shape index (κ3) is 2.11. The maximum absolute atomic E-state index is 12.3. The van der Waals surface area contributed by atoms with E-state index in [0.717, 1.165) is 19.4 Å². The van der Waals surface area contributed by atoms with Gasteiger partial charge in [-0.2, -0.15) is 5.21 Å². The van der Waals surface area contributed by atoms with E-state index in [9.17, 15) is 4.79 Å². The van der Waals surface area contributed by atoms with Gasteiger partial charge in [-0.15, -0.1) is 10.2 Å². The summed E-state index contributed by atoms with van der Waals surface area (Å²) >= 11 is 0. The van der Waals surface area contributed by atoms with Crippen LogP contribution < -0.4 is 0 Å². The smallest absolute Gasteiger partial charge is 0.295 e. The van der Waals surface area contributed by atoms with E-state index in [1.165, 1.54) is 32.1 Å². The Morgan fingerprint density at radius 3 is 2.72 bits per heavy atom. The van der Waals surface area contributed by atoms with Crippen molar-refractivity contribution >= 4 is 5.91 Å². The highest BCUT2D eigenvalue weighted by Gasteiger charge is 2.36.